The molecule has 0 aliphatic carbocycles. The molecule has 0 saturated heterocycles. The lowest BCUT2D eigenvalue weighted by Gasteiger charge is -2.22. The van der Waals surface area contributed by atoms with Crippen LogP contribution in [0.25, 0.3) is 0 Å². The van der Waals surface area contributed by atoms with Gasteiger partial charge in [0, 0.05) is 12.8 Å². The first-order chi connectivity index (χ1) is 33.0. The molecule has 6 nitrogen and oxygen atoms in total. The molecule has 2 atom stereocenters. The molecule has 0 spiro atoms. The van der Waals surface area contributed by atoms with E-state index in [4.69, 9.17) is 4.74 Å². The summed E-state index contributed by atoms with van der Waals surface area (Å²) in [6, 6.07) is -0.535. The van der Waals surface area contributed by atoms with Crippen molar-refractivity contribution in [3.63, 3.8) is 0 Å². The number of nitrogens with one attached hydrogen (secondary N) is 1. The zero-order valence-corrected chi connectivity index (χ0v) is 45.7. The Hall–Kier alpha value is -1.14. The Morgan fingerprint density at radius 1 is 0.358 bits per heavy atom. The van der Waals surface area contributed by atoms with Crippen molar-refractivity contribution in [2.75, 3.05) is 13.2 Å². The molecule has 0 fully saturated rings. The average molecular weight is 949 g/mol. The molecule has 67 heavy (non-hydrogen) atoms. The first-order valence-electron chi connectivity index (χ1n) is 30.8. The lowest BCUT2D eigenvalue weighted by Crippen LogP contribution is -2.45. The van der Waals surface area contributed by atoms with Crippen molar-refractivity contribution < 1.29 is 24.5 Å². The van der Waals surface area contributed by atoms with Gasteiger partial charge >= 0.3 is 5.97 Å². The van der Waals surface area contributed by atoms with Crippen molar-refractivity contribution in [2.45, 2.75) is 366 Å². The molecule has 0 aromatic rings. The van der Waals surface area contributed by atoms with E-state index in [-0.39, 0.29) is 18.5 Å². The quantitative estimate of drug-likeness (QED) is 0.0417. The number of aliphatic hydroxyl groups excluding tert-OH is 2. The lowest BCUT2D eigenvalue weighted by molar-refractivity contribution is -0.143. The summed E-state index contributed by atoms with van der Waals surface area (Å²) < 4.78 is 5.49. The standard InChI is InChI=1S/C61H121NO5/c1-3-5-7-9-11-13-14-15-32-35-39-43-47-51-55-61(66)67-56-52-48-44-40-36-33-30-28-26-24-22-20-18-16-17-19-21-23-25-27-29-31-34-38-42-46-50-54-60(65)62-58(57-63)59(64)53-49-45-41-37-12-10-8-6-4-2/h58-59,63-64H,3-57H2,1-2H3,(H,62,65). The number of amides is 1. The highest BCUT2D eigenvalue weighted by molar-refractivity contribution is 5.76. The van der Waals surface area contributed by atoms with Gasteiger partial charge in [-0.2, -0.15) is 0 Å². The van der Waals surface area contributed by atoms with E-state index < -0.39 is 12.1 Å². The van der Waals surface area contributed by atoms with Crippen molar-refractivity contribution >= 4 is 11.9 Å². The highest BCUT2D eigenvalue weighted by Gasteiger charge is 2.20. The molecule has 3 N–H and O–H groups in total. The molecule has 0 saturated carbocycles. The van der Waals surface area contributed by atoms with Gasteiger partial charge in [0.05, 0.1) is 25.4 Å². The Bertz CT molecular complexity index is 959. The minimum absolute atomic E-state index is 0.0210. The van der Waals surface area contributed by atoms with Gasteiger partial charge < -0.3 is 20.3 Å². The number of carbonyl (C=O) groups is 2. The third-order valence-electron chi connectivity index (χ3n) is 14.7. The van der Waals surface area contributed by atoms with E-state index >= 15 is 0 Å². The molecule has 0 rings (SSSR count). The Kier molecular flexibility index (Phi) is 56.5. The van der Waals surface area contributed by atoms with E-state index in [0.29, 0.717) is 25.9 Å². The summed E-state index contributed by atoms with van der Waals surface area (Å²) in [5, 5.41) is 23.1. The van der Waals surface area contributed by atoms with E-state index in [9.17, 15) is 19.8 Å². The molecule has 0 aliphatic rings. The minimum atomic E-state index is -0.658. The largest absolute Gasteiger partial charge is 0.466 e. The van der Waals surface area contributed by atoms with Crippen molar-refractivity contribution in [1.82, 2.24) is 5.32 Å². The van der Waals surface area contributed by atoms with Crippen LogP contribution in [0.4, 0.5) is 0 Å². The van der Waals surface area contributed by atoms with Crippen LogP contribution in [-0.4, -0.2) is 47.4 Å². The average Bonchev–Trinajstić information content (AvgIpc) is 3.33. The predicted molar refractivity (Wildman–Crippen MR) is 292 cm³/mol. The number of hydrogen-bond donors (Lipinski definition) is 3. The van der Waals surface area contributed by atoms with Gasteiger partial charge in [0.15, 0.2) is 0 Å². The molecule has 0 aromatic carbocycles. The molecule has 0 radical (unpaired) electrons. The number of unbranched alkanes of at least 4 members (excludes halogenated alkanes) is 47. The Morgan fingerprint density at radius 3 is 0.910 bits per heavy atom. The van der Waals surface area contributed by atoms with E-state index in [1.165, 1.54) is 283 Å². The van der Waals surface area contributed by atoms with Crippen molar-refractivity contribution in [2.24, 2.45) is 0 Å². The number of ether oxygens (including phenoxy) is 1. The number of hydrogen-bond acceptors (Lipinski definition) is 5. The van der Waals surface area contributed by atoms with Crippen LogP contribution in [-0.2, 0) is 14.3 Å². The molecule has 0 bridgehead atoms. The molecule has 400 valence electrons. The third kappa shape index (κ3) is 54.0. The number of esters is 1. The second-order valence-corrected chi connectivity index (χ2v) is 21.4. The summed E-state index contributed by atoms with van der Waals surface area (Å²) in [7, 11) is 0. The first kappa shape index (κ1) is 65.9. The van der Waals surface area contributed by atoms with E-state index in [1.807, 2.05) is 0 Å². The molecule has 0 aliphatic heterocycles. The van der Waals surface area contributed by atoms with Crippen LogP contribution in [0, 0.1) is 0 Å². The van der Waals surface area contributed by atoms with Gasteiger partial charge in [0.1, 0.15) is 0 Å². The van der Waals surface area contributed by atoms with Crippen molar-refractivity contribution in [3.8, 4) is 0 Å². The van der Waals surface area contributed by atoms with Crippen LogP contribution >= 0.6 is 0 Å². The Labute approximate surface area is 419 Å². The van der Waals surface area contributed by atoms with Gasteiger partial charge in [-0.25, -0.2) is 0 Å². The summed E-state index contributed by atoms with van der Waals surface area (Å²) in [5.41, 5.74) is 0. The van der Waals surface area contributed by atoms with Crippen LogP contribution in [0.1, 0.15) is 354 Å². The summed E-state index contributed by atoms with van der Waals surface area (Å²) in [6.07, 6.45) is 67.0. The number of carbonyl (C=O) groups excluding carboxylic acids is 2. The van der Waals surface area contributed by atoms with Gasteiger partial charge in [0.25, 0.3) is 0 Å². The van der Waals surface area contributed by atoms with Crippen LogP contribution in [0.5, 0.6) is 0 Å². The smallest absolute Gasteiger partial charge is 0.305 e. The molecule has 1 amide bonds. The SMILES string of the molecule is CCCCCCCCCCCCCCCCC(=O)OCCCCCCCCCCCCCCCCCCCCCCCCCCCCCC(=O)NC(CO)C(O)CCCCCCCCCCC. The van der Waals surface area contributed by atoms with Crippen LogP contribution < -0.4 is 5.32 Å². The molecular formula is C61H121NO5. The topological polar surface area (TPSA) is 95.9 Å². The van der Waals surface area contributed by atoms with Gasteiger partial charge in [-0.05, 0) is 25.7 Å². The normalized spacial score (nSPS) is 12.5. The zero-order valence-electron chi connectivity index (χ0n) is 45.7. The fourth-order valence-electron chi connectivity index (χ4n) is 9.94. The number of aliphatic hydroxyl groups is 2. The Morgan fingerprint density at radius 2 is 0.612 bits per heavy atom. The monoisotopic (exact) mass is 948 g/mol. The molecule has 6 heteroatoms. The number of rotatable bonds is 58. The third-order valence-corrected chi connectivity index (χ3v) is 14.7. The van der Waals surface area contributed by atoms with E-state index in [0.717, 1.165) is 38.5 Å². The van der Waals surface area contributed by atoms with E-state index in [1.54, 1.807) is 0 Å². The maximum Gasteiger partial charge on any atom is 0.305 e. The fourth-order valence-corrected chi connectivity index (χ4v) is 9.94. The predicted octanol–water partition coefficient (Wildman–Crippen LogP) is 19.1. The minimum Gasteiger partial charge on any atom is -0.466 e. The maximum absolute atomic E-state index is 12.4. The van der Waals surface area contributed by atoms with Crippen molar-refractivity contribution in [3.05, 3.63) is 0 Å². The van der Waals surface area contributed by atoms with Crippen LogP contribution in [0.3, 0.4) is 0 Å². The second-order valence-electron chi connectivity index (χ2n) is 21.4. The highest BCUT2D eigenvalue weighted by Crippen LogP contribution is 2.18. The zero-order chi connectivity index (χ0) is 48.6. The molecule has 0 aromatic heterocycles. The summed E-state index contributed by atoms with van der Waals surface area (Å²) >= 11 is 0. The van der Waals surface area contributed by atoms with E-state index in [2.05, 4.69) is 19.2 Å². The van der Waals surface area contributed by atoms with Crippen molar-refractivity contribution in [1.29, 1.82) is 0 Å². The fraction of sp³-hybridized carbons (Fsp3) is 0.967. The summed E-state index contributed by atoms with van der Waals surface area (Å²) in [4.78, 5) is 24.5. The van der Waals surface area contributed by atoms with Gasteiger partial charge in [-0.1, -0.05) is 316 Å². The first-order valence-corrected chi connectivity index (χ1v) is 30.8. The maximum atomic E-state index is 12.4. The lowest BCUT2D eigenvalue weighted by atomic mass is 10.0. The summed E-state index contributed by atoms with van der Waals surface area (Å²) in [5.74, 6) is -0.0118. The Balaban J connectivity index is 3.29. The summed E-state index contributed by atoms with van der Waals surface area (Å²) in [6.45, 7) is 4.96. The highest BCUT2D eigenvalue weighted by atomic mass is 16.5. The molecule has 2 unspecified atom stereocenters. The second kappa shape index (κ2) is 57.4. The van der Waals surface area contributed by atoms with Crippen LogP contribution in [0.2, 0.25) is 0 Å². The van der Waals surface area contributed by atoms with Gasteiger partial charge in [-0.15, -0.1) is 0 Å². The van der Waals surface area contributed by atoms with Gasteiger partial charge in [0.2, 0.25) is 5.91 Å². The molecular weight excluding hydrogens is 827 g/mol. The van der Waals surface area contributed by atoms with Gasteiger partial charge in [-0.3, -0.25) is 9.59 Å². The molecule has 0 heterocycles. The van der Waals surface area contributed by atoms with Crippen LogP contribution in [0.15, 0.2) is 0 Å².